The third kappa shape index (κ3) is 3.38. The van der Waals surface area contributed by atoms with Gasteiger partial charge in [-0.15, -0.1) is 0 Å². The van der Waals surface area contributed by atoms with Gasteiger partial charge in [-0.1, -0.05) is 24.3 Å². The molecule has 0 radical (unpaired) electrons. The van der Waals surface area contributed by atoms with Crippen LogP contribution in [0.2, 0.25) is 0 Å². The Kier molecular flexibility index (Phi) is 4.83. The van der Waals surface area contributed by atoms with Crippen LogP contribution in [-0.2, 0) is 6.42 Å². The van der Waals surface area contributed by atoms with Gasteiger partial charge in [-0.25, -0.2) is 9.97 Å². The fourth-order valence-corrected chi connectivity index (χ4v) is 4.43. The van der Waals surface area contributed by atoms with Crippen molar-refractivity contribution >= 4 is 23.2 Å². The van der Waals surface area contributed by atoms with Crippen molar-refractivity contribution in [1.29, 1.82) is 0 Å². The average molecular weight is 399 g/mol. The molecule has 1 aromatic carbocycles. The first-order chi connectivity index (χ1) is 14.7. The number of anilines is 3. The number of pyridine rings is 2. The Morgan fingerprint density at radius 2 is 1.70 bits per heavy atom. The highest BCUT2D eigenvalue weighted by atomic mass is 16.2. The minimum Gasteiger partial charge on any atom is -0.353 e. The Morgan fingerprint density at radius 3 is 2.43 bits per heavy atom. The maximum Gasteiger partial charge on any atom is 0.255 e. The molecule has 0 bridgehead atoms. The van der Waals surface area contributed by atoms with E-state index in [9.17, 15) is 4.79 Å². The van der Waals surface area contributed by atoms with Gasteiger partial charge >= 0.3 is 0 Å². The summed E-state index contributed by atoms with van der Waals surface area (Å²) in [4.78, 5) is 28.4. The second-order valence-electron chi connectivity index (χ2n) is 7.92. The van der Waals surface area contributed by atoms with Gasteiger partial charge in [0.25, 0.3) is 5.91 Å². The molecule has 6 nitrogen and oxygen atoms in total. The van der Waals surface area contributed by atoms with Gasteiger partial charge in [0.05, 0.1) is 5.56 Å². The van der Waals surface area contributed by atoms with E-state index in [1.807, 2.05) is 35.2 Å². The van der Waals surface area contributed by atoms with Crippen LogP contribution in [-0.4, -0.2) is 53.0 Å². The fraction of sp³-hybridized carbons (Fsp3) is 0.292. The lowest BCUT2D eigenvalue weighted by atomic mass is 10.1. The first-order valence-corrected chi connectivity index (χ1v) is 10.5. The van der Waals surface area contributed by atoms with E-state index in [1.54, 1.807) is 12.4 Å². The van der Waals surface area contributed by atoms with Gasteiger partial charge in [0.15, 0.2) is 0 Å². The number of benzene rings is 1. The number of hydrogen-bond acceptors (Lipinski definition) is 5. The van der Waals surface area contributed by atoms with E-state index in [-0.39, 0.29) is 5.91 Å². The quantitative estimate of drug-likeness (QED) is 0.675. The van der Waals surface area contributed by atoms with Crippen LogP contribution in [0.5, 0.6) is 0 Å². The lowest BCUT2D eigenvalue weighted by molar-refractivity contribution is 0.0746. The predicted octanol–water partition coefficient (Wildman–Crippen LogP) is 3.52. The van der Waals surface area contributed by atoms with Crippen molar-refractivity contribution in [3.63, 3.8) is 0 Å². The molecule has 5 rings (SSSR count). The molecule has 0 spiro atoms. The Labute approximate surface area is 176 Å². The van der Waals surface area contributed by atoms with E-state index in [0.717, 1.165) is 31.1 Å². The molecule has 2 aliphatic heterocycles. The van der Waals surface area contributed by atoms with E-state index in [1.165, 1.54) is 11.3 Å². The summed E-state index contributed by atoms with van der Waals surface area (Å²) in [5.41, 5.74) is 3.20. The number of piperazine rings is 1. The third-order valence-corrected chi connectivity index (χ3v) is 5.99. The van der Waals surface area contributed by atoms with Crippen LogP contribution in [0.1, 0.15) is 22.8 Å². The molecule has 30 heavy (non-hydrogen) atoms. The Bertz CT molecular complexity index is 1030. The van der Waals surface area contributed by atoms with Gasteiger partial charge in [-0.2, -0.15) is 0 Å². The summed E-state index contributed by atoms with van der Waals surface area (Å²) in [5, 5.41) is 0. The smallest absolute Gasteiger partial charge is 0.255 e. The maximum atomic E-state index is 13.0. The predicted molar refractivity (Wildman–Crippen MR) is 118 cm³/mol. The topological polar surface area (TPSA) is 52.6 Å². The highest BCUT2D eigenvalue weighted by molar-refractivity contribution is 5.94. The van der Waals surface area contributed by atoms with Crippen LogP contribution in [0.4, 0.5) is 17.3 Å². The highest BCUT2D eigenvalue weighted by Gasteiger charge is 2.28. The zero-order valence-corrected chi connectivity index (χ0v) is 17.1. The van der Waals surface area contributed by atoms with Gasteiger partial charge in [0, 0.05) is 50.3 Å². The van der Waals surface area contributed by atoms with Gasteiger partial charge in [0.1, 0.15) is 11.6 Å². The molecule has 2 aliphatic rings. The normalized spacial score (nSPS) is 18.4. The van der Waals surface area contributed by atoms with E-state index in [2.05, 4.69) is 51.0 Å². The van der Waals surface area contributed by atoms with Crippen LogP contribution in [0.25, 0.3) is 0 Å². The molecule has 0 aliphatic carbocycles. The Hall–Kier alpha value is -3.41. The van der Waals surface area contributed by atoms with E-state index >= 15 is 0 Å². The van der Waals surface area contributed by atoms with Gasteiger partial charge in [0.2, 0.25) is 0 Å². The number of amides is 1. The van der Waals surface area contributed by atoms with Crippen LogP contribution in [0, 0.1) is 0 Å². The van der Waals surface area contributed by atoms with Crippen LogP contribution in [0.3, 0.4) is 0 Å². The number of fused-ring (bicyclic) bond motifs is 1. The number of nitrogens with zero attached hydrogens (tertiary/aromatic N) is 5. The Balaban J connectivity index is 1.27. The molecule has 1 amide bonds. The van der Waals surface area contributed by atoms with E-state index < -0.39 is 0 Å². The summed E-state index contributed by atoms with van der Waals surface area (Å²) >= 11 is 0. The first kappa shape index (κ1) is 18.6. The second-order valence-corrected chi connectivity index (χ2v) is 7.92. The largest absolute Gasteiger partial charge is 0.353 e. The van der Waals surface area contributed by atoms with Crippen molar-refractivity contribution in [2.45, 2.75) is 19.4 Å². The number of aromatic nitrogens is 2. The molecule has 152 valence electrons. The molecule has 2 aromatic heterocycles. The lowest BCUT2D eigenvalue weighted by Crippen LogP contribution is -2.49. The number of carbonyl (C=O) groups excluding carboxylic acids is 1. The van der Waals surface area contributed by atoms with Crippen molar-refractivity contribution in [1.82, 2.24) is 14.9 Å². The highest BCUT2D eigenvalue weighted by Crippen LogP contribution is 2.37. The zero-order chi connectivity index (χ0) is 20.5. The van der Waals surface area contributed by atoms with E-state index in [0.29, 0.717) is 24.7 Å². The molecule has 1 unspecified atom stereocenters. The minimum absolute atomic E-state index is 0.0459. The van der Waals surface area contributed by atoms with Crippen LogP contribution in [0.15, 0.2) is 67.0 Å². The molecular formula is C24H25N5O. The number of rotatable bonds is 3. The van der Waals surface area contributed by atoms with Crippen LogP contribution >= 0.6 is 0 Å². The summed E-state index contributed by atoms with van der Waals surface area (Å²) in [6.07, 6.45) is 4.54. The fourth-order valence-electron chi connectivity index (χ4n) is 4.43. The summed E-state index contributed by atoms with van der Waals surface area (Å²) < 4.78 is 0. The maximum absolute atomic E-state index is 13.0. The summed E-state index contributed by atoms with van der Waals surface area (Å²) in [6, 6.07) is 18.6. The summed E-state index contributed by atoms with van der Waals surface area (Å²) in [5.74, 6) is 1.91. The molecule has 1 fully saturated rings. The molecule has 0 N–H and O–H groups in total. The van der Waals surface area contributed by atoms with Gasteiger partial charge in [-0.05, 0) is 49.2 Å². The molecule has 3 aromatic rings. The average Bonchev–Trinajstić information content (AvgIpc) is 3.15. The van der Waals surface area contributed by atoms with Crippen molar-refractivity contribution in [2.24, 2.45) is 0 Å². The van der Waals surface area contributed by atoms with Crippen molar-refractivity contribution in [3.8, 4) is 0 Å². The van der Waals surface area contributed by atoms with Crippen molar-refractivity contribution < 1.29 is 4.79 Å². The third-order valence-electron chi connectivity index (χ3n) is 5.99. The van der Waals surface area contributed by atoms with E-state index in [4.69, 9.17) is 0 Å². The van der Waals surface area contributed by atoms with Crippen molar-refractivity contribution in [3.05, 3.63) is 78.1 Å². The molecule has 4 heterocycles. The molecule has 6 heteroatoms. The number of carbonyl (C=O) groups is 1. The standard InChI is InChI=1S/C24H25N5O/c1-18-16-19-6-2-3-7-21(19)29(18)23-10-9-20(17-26-23)24(30)28-14-12-27(13-15-28)22-8-4-5-11-25-22/h2-11,17-18H,12-16H2,1H3. The molecule has 0 saturated carbocycles. The monoisotopic (exact) mass is 399 g/mol. The number of hydrogen-bond donors (Lipinski definition) is 0. The van der Waals surface area contributed by atoms with Crippen LogP contribution < -0.4 is 9.80 Å². The molecular weight excluding hydrogens is 374 g/mol. The summed E-state index contributed by atoms with van der Waals surface area (Å²) in [7, 11) is 0. The van der Waals surface area contributed by atoms with Crippen molar-refractivity contribution in [2.75, 3.05) is 36.0 Å². The SMILES string of the molecule is CC1Cc2ccccc2N1c1ccc(C(=O)N2CCN(c3ccccn3)CC2)cn1. The summed E-state index contributed by atoms with van der Waals surface area (Å²) in [6.45, 7) is 5.16. The molecule has 1 saturated heterocycles. The van der Waals surface area contributed by atoms with Gasteiger partial charge in [-0.3, -0.25) is 4.79 Å². The first-order valence-electron chi connectivity index (χ1n) is 10.5. The lowest BCUT2D eigenvalue weighted by Gasteiger charge is -2.35. The molecule has 1 atom stereocenters. The number of para-hydroxylation sites is 1. The Morgan fingerprint density at radius 1 is 0.900 bits per heavy atom. The minimum atomic E-state index is 0.0459. The second kappa shape index (κ2) is 7.78. The zero-order valence-electron chi connectivity index (χ0n) is 17.1. The van der Waals surface area contributed by atoms with Gasteiger partial charge < -0.3 is 14.7 Å².